The molecule has 0 N–H and O–H groups in total. The van der Waals surface area contributed by atoms with Crippen LogP contribution in [0.5, 0.6) is 0 Å². The van der Waals surface area contributed by atoms with Crippen molar-refractivity contribution in [3.8, 4) is 17.3 Å². The van der Waals surface area contributed by atoms with Crippen molar-refractivity contribution >= 4 is 11.3 Å². The quantitative estimate of drug-likeness (QED) is 0.796. The van der Waals surface area contributed by atoms with Crippen LogP contribution in [0, 0.1) is 24.1 Å². The number of hydrogen-bond donors (Lipinski definition) is 0. The van der Waals surface area contributed by atoms with E-state index in [9.17, 15) is 4.39 Å². The van der Waals surface area contributed by atoms with E-state index in [-0.39, 0.29) is 5.82 Å². The molecule has 0 radical (unpaired) electrons. The van der Waals surface area contributed by atoms with Crippen molar-refractivity contribution < 1.29 is 4.39 Å². The Hall–Kier alpha value is -1.73. The van der Waals surface area contributed by atoms with E-state index in [0.717, 1.165) is 16.3 Å². The van der Waals surface area contributed by atoms with Gasteiger partial charge in [0.25, 0.3) is 0 Å². The Morgan fingerprint density at radius 1 is 1.50 bits per heavy atom. The number of hydrogen-bond acceptors (Lipinski definition) is 3. The summed E-state index contributed by atoms with van der Waals surface area (Å²) in [4.78, 5) is 4.31. The van der Waals surface area contributed by atoms with Crippen LogP contribution in [-0.2, 0) is 6.42 Å². The van der Waals surface area contributed by atoms with E-state index >= 15 is 0 Å². The summed E-state index contributed by atoms with van der Waals surface area (Å²) >= 11 is 1.45. The molecule has 0 aliphatic heterocycles. The Balaban J connectivity index is 2.36. The van der Waals surface area contributed by atoms with Gasteiger partial charge in [-0.05, 0) is 30.7 Å². The first-order chi connectivity index (χ1) is 7.70. The van der Waals surface area contributed by atoms with E-state index in [4.69, 9.17) is 5.26 Å². The molecule has 4 heteroatoms. The maximum atomic E-state index is 13.1. The number of nitrogens with zero attached hydrogens (tertiary/aromatic N) is 2. The number of halogens is 1. The van der Waals surface area contributed by atoms with Crippen LogP contribution >= 0.6 is 11.3 Å². The molecule has 0 atom stereocenters. The minimum atomic E-state index is -0.212. The van der Waals surface area contributed by atoms with Crippen LogP contribution in [0.4, 0.5) is 4.39 Å². The van der Waals surface area contributed by atoms with E-state index in [1.54, 1.807) is 19.1 Å². The predicted octanol–water partition coefficient (Wildman–Crippen LogP) is 3.32. The largest absolute Gasteiger partial charge is 0.240 e. The first kappa shape index (κ1) is 10.8. The van der Waals surface area contributed by atoms with Crippen molar-refractivity contribution in [2.75, 3.05) is 0 Å². The summed E-state index contributed by atoms with van der Waals surface area (Å²) in [7, 11) is 0. The van der Waals surface area contributed by atoms with Gasteiger partial charge in [0.05, 0.1) is 18.2 Å². The molecule has 0 aliphatic carbocycles. The lowest BCUT2D eigenvalue weighted by Gasteiger charge is -1.99. The number of aromatic nitrogens is 1. The number of rotatable bonds is 2. The zero-order chi connectivity index (χ0) is 11.5. The van der Waals surface area contributed by atoms with Gasteiger partial charge in [0.2, 0.25) is 0 Å². The summed E-state index contributed by atoms with van der Waals surface area (Å²) in [5, 5.41) is 11.2. The van der Waals surface area contributed by atoms with Crippen LogP contribution in [0.1, 0.15) is 10.6 Å². The van der Waals surface area contributed by atoms with E-state index in [1.165, 1.54) is 17.4 Å². The Kier molecular flexibility index (Phi) is 2.97. The van der Waals surface area contributed by atoms with Gasteiger partial charge in [-0.15, -0.1) is 11.3 Å². The molecule has 0 unspecified atom stereocenters. The van der Waals surface area contributed by atoms with Crippen LogP contribution in [0.25, 0.3) is 11.3 Å². The summed E-state index contributed by atoms with van der Waals surface area (Å²) in [6.45, 7) is 1.72. The number of benzene rings is 1. The van der Waals surface area contributed by atoms with Crippen molar-refractivity contribution in [3.63, 3.8) is 0 Å². The molecule has 1 heterocycles. The summed E-state index contributed by atoms with van der Waals surface area (Å²) in [5.41, 5.74) is 2.30. The molecule has 2 rings (SSSR count). The Labute approximate surface area is 97.0 Å². The van der Waals surface area contributed by atoms with Gasteiger partial charge < -0.3 is 0 Å². The molecule has 0 saturated heterocycles. The maximum Gasteiger partial charge on any atom is 0.126 e. The third kappa shape index (κ3) is 2.10. The van der Waals surface area contributed by atoms with Crippen LogP contribution in [0.2, 0.25) is 0 Å². The summed E-state index contributed by atoms with van der Waals surface area (Å²) in [6.07, 6.45) is 0.324. The Morgan fingerprint density at radius 3 is 3.00 bits per heavy atom. The fraction of sp³-hybridized carbons (Fsp3) is 0.167. The molecular formula is C12H9FN2S. The second-order valence-corrected chi connectivity index (χ2v) is 4.37. The van der Waals surface area contributed by atoms with Gasteiger partial charge in [-0.2, -0.15) is 5.26 Å². The van der Waals surface area contributed by atoms with Crippen LogP contribution in [-0.4, -0.2) is 4.98 Å². The number of thiazole rings is 1. The first-order valence-electron chi connectivity index (χ1n) is 4.78. The molecule has 2 nitrogen and oxygen atoms in total. The second-order valence-electron chi connectivity index (χ2n) is 3.43. The minimum Gasteiger partial charge on any atom is -0.240 e. The highest BCUT2D eigenvalue weighted by atomic mass is 32.1. The Bertz CT molecular complexity index is 554. The molecule has 16 heavy (non-hydrogen) atoms. The first-order valence-corrected chi connectivity index (χ1v) is 5.66. The summed E-state index contributed by atoms with van der Waals surface area (Å²) < 4.78 is 13.1. The lowest BCUT2D eigenvalue weighted by atomic mass is 10.1. The third-order valence-corrected chi connectivity index (χ3v) is 3.08. The highest BCUT2D eigenvalue weighted by molar-refractivity contribution is 7.10. The van der Waals surface area contributed by atoms with Gasteiger partial charge in [0.15, 0.2) is 0 Å². The molecule has 1 aromatic heterocycles. The van der Waals surface area contributed by atoms with E-state index in [0.29, 0.717) is 12.0 Å². The summed E-state index contributed by atoms with van der Waals surface area (Å²) in [6, 6.07) is 6.96. The average Bonchev–Trinajstić information content (AvgIpc) is 2.71. The lowest BCUT2D eigenvalue weighted by molar-refractivity contribution is 0.619. The normalized spacial score (nSPS) is 10.1. The molecule has 0 aliphatic rings. The zero-order valence-corrected chi connectivity index (χ0v) is 9.51. The zero-order valence-electron chi connectivity index (χ0n) is 8.70. The predicted molar refractivity (Wildman–Crippen MR) is 61.6 cm³/mol. The molecule has 0 amide bonds. The van der Waals surface area contributed by atoms with Crippen LogP contribution < -0.4 is 0 Å². The molecule has 0 spiro atoms. The standard InChI is InChI=1S/C12H9FN2S/c1-8-6-9(2-3-10(8)13)11-7-16-12(15-11)4-5-14/h2-3,6-7H,4H2,1H3. The van der Waals surface area contributed by atoms with Gasteiger partial charge in [0.1, 0.15) is 10.8 Å². The van der Waals surface area contributed by atoms with Crippen molar-refractivity contribution in [2.24, 2.45) is 0 Å². The van der Waals surface area contributed by atoms with E-state index in [2.05, 4.69) is 11.1 Å². The molecule has 2 aromatic rings. The SMILES string of the molecule is Cc1cc(-c2csc(CC#N)n2)ccc1F. The molecule has 0 saturated carbocycles. The fourth-order valence-corrected chi connectivity index (χ4v) is 2.13. The van der Waals surface area contributed by atoms with Gasteiger partial charge in [-0.25, -0.2) is 9.37 Å². The third-order valence-electron chi connectivity index (χ3n) is 2.24. The summed E-state index contributed by atoms with van der Waals surface area (Å²) in [5.74, 6) is -0.212. The van der Waals surface area contributed by atoms with Gasteiger partial charge in [-0.1, -0.05) is 0 Å². The highest BCUT2D eigenvalue weighted by Gasteiger charge is 2.06. The van der Waals surface area contributed by atoms with Crippen LogP contribution in [0.3, 0.4) is 0 Å². The van der Waals surface area contributed by atoms with Gasteiger partial charge >= 0.3 is 0 Å². The fourth-order valence-electron chi connectivity index (χ4n) is 1.40. The average molecular weight is 232 g/mol. The molecule has 1 aromatic carbocycles. The van der Waals surface area contributed by atoms with Crippen molar-refractivity contribution in [3.05, 3.63) is 40.0 Å². The van der Waals surface area contributed by atoms with Crippen molar-refractivity contribution in [2.45, 2.75) is 13.3 Å². The number of aryl methyl sites for hydroxylation is 1. The minimum absolute atomic E-state index is 0.212. The monoisotopic (exact) mass is 232 g/mol. The van der Waals surface area contributed by atoms with E-state index in [1.807, 2.05) is 5.38 Å². The Morgan fingerprint density at radius 2 is 2.31 bits per heavy atom. The highest BCUT2D eigenvalue weighted by Crippen LogP contribution is 2.23. The van der Waals surface area contributed by atoms with Crippen molar-refractivity contribution in [1.82, 2.24) is 4.98 Å². The van der Waals surface area contributed by atoms with Gasteiger partial charge in [0, 0.05) is 10.9 Å². The van der Waals surface area contributed by atoms with Crippen molar-refractivity contribution in [1.29, 1.82) is 5.26 Å². The second kappa shape index (κ2) is 4.42. The lowest BCUT2D eigenvalue weighted by Crippen LogP contribution is -1.85. The van der Waals surface area contributed by atoms with Crippen LogP contribution in [0.15, 0.2) is 23.6 Å². The van der Waals surface area contributed by atoms with E-state index < -0.39 is 0 Å². The molecular weight excluding hydrogens is 223 g/mol. The number of nitriles is 1. The molecule has 0 bridgehead atoms. The topological polar surface area (TPSA) is 36.7 Å². The van der Waals surface area contributed by atoms with Gasteiger partial charge in [-0.3, -0.25) is 0 Å². The molecule has 0 fully saturated rings. The smallest absolute Gasteiger partial charge is 0.126 e. The molecule has 80 valence electrons. The maximum absolute atomic E-state index is 13.1.